The lowest BCUT2D eigenvalue weighted by Gasteiger charge is -2.42. The molecule has 2 aromatic heterocycles. The number of aromatic amines is 1. The van der Waals surface area contributed by atoms with E-state index in [1.807, 2.05) is 49.9 Å². The molecule has 0 bridgehead atoms. The van der Waals surface area contributed by atoms with Crippen LogP contribution < -0.4 is 20.1 Å². The molecular formula is C47H63N9O6. The first-order valence-corrected chi connectivity index (χ1v) is 22.8. The van der Waals surface area contributed by atoms with Gasteiger partial charge in [-0.25, -0.2) is 9.59 Å². The molecule has 62 heavy (non-hydrogen) atoms. The third-order valence-corrected chi connectivity index (χ3v) is 13.7. The van der Waals surface area contributed by atoms with Gasteiger partial charge in [-0.15, -0.1) is 0 Å². The van der Waals surface area contributed by atoms with Crippen LogP contribution in [0.4, 0.5) is 21.1 Å². The Labute approximate surface area is 364 Å². The van der Waals surface area contributed by atoms with Gasteiger partial charge in [-0.3, -0.25) is 19.9 Å². The van der Waals surface area contributed by atoms with Crippen molar-refractivity contribution >= 4 is 40.3 Å². The molecule has 0 aliphatic carbocycles. The number of piperidine rings is 3. The number of carbonyl (C=O) groups is 3. The highest BCUT2D eigenvalue weighted by Crippen LogP contribution is 2.36. The molecule has 9 rings (SSSR count). The minimum absolute atomic E-state index is 0.167. The number of H-pyrrole nitrogens is 1. The summed E-state index contributed by atoms with van der Waals surface area (Å²) in [6.45, 7) is 16.7. The Balaban J connectivity index is 0.884. The first-order valence-electron chi connectivity index (χ1n) is 22.8. The molecule has 1 unspecified atom stereocenters. The van der Waals surface area contributed by atoms with E-state index in [1.54, 1.807) is 18.2 Å². The van der Waals surface area contributed by atoms with E-state index in [0.29, 0.717) is 72.6 Å². The Morgan fingerprint density at radius 2 is 1.53 bits per heavy atom. The summed E-state index contributed by atoms with van der Waals surface area (Å²) in [5, 5.41) is 10.4. The summed E-state index contributed by atoms with van der Waals surface area (Å²) in [4.78, 5) is 56.2. The Bertz CT molecular complexity index is 2230. The van der Waals surface area contributed by atoms with Gasteiger partial charge in [0.15, 0.2) is 11.9 Å². The van der Waals surface area contributed by atoms with Crippen LogP contribution >= 0.6 is 0 Å². The maximum absolute atomic E-state index is 14.2. The van der Waals surface area contributed by atoms with Crippen LogP contribution in [0.25, 0.3) is 10.9 Å². The van der Waals surface area contributed by atoms with Crippen molar-refractivity contribution in [2.45, 2.75) is 102 Å². The molecule has 4 saturated heterocycles. The van der Waals surface area contributed by atoms with Crippen molar-refractivity contribution in [2.75, 3.05) is 83.1 Å². The number of benzene rings is 2. The number of nitrogens with one attached hydrogen (secondary N) is 3. The van der Waals surface area contributed by atoms with Gasteiger partial charge in [0.1, 0.15) is 17.3 Å². The van der Waals surface area contributed by atoms with E-state index in [1.165, 1.54) is 19.3 Å². The SMILES string of the molecule is CN1CCN(C2CCN(Cc3c(OC(=O)N4CCC(N5CCCCC5)CC4)ccc4[nH]c(C(=O)C5Cc6cc(NC(=O)Nc7cc(C(C)(C)C)on7)ccc6O5)cc34)CC2)CC1. The number of rotatable bonds is 9. The molecule has 2 aromatic carbocycles. The third-order valence-electron chi connectivity index (χ3n) is 13.7. The number of amides is 3. The smallest absolute Gasteiger partial charge is 0.415 e. The zero-order valence-corrected chi connectivity index (χ0v) is 36.8. The molecule has 15 nitrogen and oxygen atoms in total. The average molecular weight is 850 g/mol. The number of anilines is 2. The van der Waals surface area contributed by atoms with Crippen LogP contribution in [-0.4, -0.2) is 143 Å². The highest BCUT2D eigenvalue weighted by molar-refractivity contribution is 6.04. The van der Waals surface area contributed by atoms with Gasteiger partial charge in [-0.2, -0.15) is 0 Å². The van der Waals surface area contributed by atoms with E-state index in [4.69, 9.17) is 14.0 Å². The number of fused-ring (bicyclic) bond motifs is 2. The number of carbonyl (C=O) groups excluding carboxylic acids is 3. The van der Waals surface area contributed by atoms with Crippen molar-refractivity contribution in [3.05, 3.63) is 65.0 Å². The molecule has 1 atom stereocenters. The fraction of sp³-hybridized carbons (Fsp3) is 0.574. The second-order valence-electron chi connectivity index (χ2n) is 19.1. The molecule has 332 valence electrons. The number of likely N-dealkylation sites (tertiary alicyclic amines) is 3. The van der Waals surface area contributed by atoms with Crippen LogP contribution in [0.2, 0.25) is 0 Å². The van der Waals surface area contributed by atoms with Gasteiger partial charge >= 0.3 is 12.1 Å². The number of aromatic nitrogens is 2. The van der Waals surface area contributed by atoms with Crippen LogP contribution in [0.15, 0.2) is 47.0 Å². The number of piperazine rings is 1. The molecule has 7 heterocycles. The van der Waals surface area contributed by atoms with Gasteiger partial charge in [0.05, 0.1) is 5.69 Å². The molecule has 0 saturated carbocycles. The zero-order chi connectivity index (χ0) is 43.0. The number of nitrogens with zero attached hydrogens (tertiary/aromatic N) is 6. The Hall–Kier alpha value is -4.96. The van der Waals surface area contributed by atoms with Gasteiger partial charge in [-0.05, 0) is 108 Å². The monoisotopic (exact) mass is 849 g/mol. The summed E-state index contributed by atoms with van der Waals surface area (Å²) in [7, 11) is 2.20. The van der Waals surface area contributed by atoms with Gasteiger partial charge < -0.3 is 39.0 Å². The maximum Gasteiger partial charge on any atom is 0.415 e. The summed E-state index contributed by atoms with van der Waals surface area (Å²) < 4.78 is 17.9. The van der Waals surface area contributed by atoms with E-state index in [2.05, 4.69) is 47.4 Å². The molecule has 0 radical (unpaired) electrons. The minimum Gasteiger partial charge on any atom is -0.482 e. The molecule has 3 N–H and O–H groups in total. The molecule has 4 aromatic rings. The van der Waals surface area contributed by atoms with E-state index in [0.717, 1.165) is 100 Å². The lowest BCUT2D eigenvalue weighted by atomic mass is 9.93. The number of likely N-dealkylation sites (N-methyl/N-ethyl adjacent to an activating group) is 1. The van der Waals surface area contributed by atoms with Crippen molar-refractivity contribution in [3.63, 3.8) is 0 Å². The van der Waals surface area contributed by atoms with Crippen molar-refractivity contribution in [1.29, 1.82) is 0 Å². The molecule has 5 aliphatic heterocycles. The van der Waals surface area contributed by atoms with Crippen molar-refractivity contribution in [2.24, 2.45) is 0 Å². The molecule has 4 fully saturated rings. The van der Waals surface area contributed by atoms with Gasteiger partial charge in [-0.1, -0.05) is 32.3 Å². The zero-order valence-electron chi connectivity index (χ0n) is 36.8. The quantitative estimate of drug-likeness (QED) is 0.150. The van der Waals surface area contributed by atoms with Crippen molar-refractivity contribution in [1.82, 2.24) is 34.6 Å². The lowest BCUT2D eigenvalue weighted by Crippen LogP contribution is -2.52. The fourth-order valence-corrected chi connectivity index (χ4v) is 9.96. The number of hydrogen-bond acceptors (Lipinski definition) is 11. The van der Waals surface area contributed by atoms with Crippen molar-refractivity contribution in [3.8, 4) is 11.5 Å². The van der Waals surface area contributed by atoms with E-state index in [-0.39, 0.29) is 17.3 Å². The van der Waals surface area contributed by atoms with E-state index < -0.39 is 12.1 Å². The maximum atomic E-state index is 14.2. The Morgan fingerprint density at radius 3 is 2.24 bits per heavy atom. The third kappa shape index (κ3) is 9.51. The average Bonchev–Trinajstić information content (AvgIpc) is 4.04. The fourth-order valence-electron chi connectivity index (χ4n) is 9.96. The van der Waals surface area contributed by atoms with Crippen LogP contribution in [-0.2, 0) is 18.4 Å². The lowest BCUT2D eigenvalue weighted by molar-refractivity contribution is 0.0655. The summed E-state index contributed by atoms with van der Waals surface area (Å²) in [6, 6.07) is 13.4. The molecule has 3 amide bonds. The van der Waals surface area contributed by atoms with Crippen LogP contribution in [0, 0.1) is 0 Å². The molecular weight excluding hydrogens is 787 g/mol. The normalized spacial score (nSPS) is 21.5. The van der Waals surface area contributed by atoms with Crippen LogP contribution in [0.5, 0.6) is 11.5 Å². The molecule has 0 spiro atoms. The first-order chi connectivity index (χ1) is 29.9. The van der Waals surface area contributed by atoms with Gasteiger partial charge in [0, 0.05) is 104 Å². The molecule has 5 aliphatic rings. The van der Waals surface area contributed by atoms with Crippen molar-refractivity contribution < 1.29 is 28.4 Å². The predicted octanol–water partition coefficient (Wildman–Crippen LogP) is 6.94. The number of ketones is 1. The first kappa shape index (κ1) is 42.3. The number of Topliss-reactive ketones (excluding diaryl/α,β-unsaturated/α-hetero) is 1. The summed E-state index contributed by atoms with van der Waals surface area (Å²) in [5.74, 6) is 1.97. The van der Waals surface area contributed by atoms with Gasteiger partial charge in [0.25, 0.3) is 0 Å². The predicted molar refractivity (Wildman–Crippen MR) is 238 cm³/mol. The number of hydrogen-bond donors (Lipinski definition) is 3. The second kappa shape index (κ2) is 18.0. The minimum atomic E-state index is -0.740. The van der Waals surface area contributed by atoms with E-state index in [9.17, 15) is 14.4 Å². The standard InChI is InChI=1S/C47H63N9O6/c1-47(2,3)42-29-43(51-62-42)50-45(58)48-32-8-10-39-31(26-32)27-41(60-39)44(57)38-28-35-36(30-53-18-12-33(13-19-53)55-24-22-52(4)23-25-55)40(11-9-37(35)49-38)61-46(59)56-20-14-34(15-21-56)54-16-6-5-7-17-54/h8-11,26,28-29,33-34,41,49H,5-7,12-25,27,30H2,1-4H3,(H2,48,50,51,58). The number of ether oxygens (including phenoxy) is 2. The second-order valence-corrected chi connectivity index (χ2v) is 19.1. The molecule has 15 heteroatoms. The largest absolute Gasteiger partial charge is 0.482 e. The topological polar surface area (TPSA) is 152 Å². The Morgan fingerprint density at radius 1 is 0.823 bits per heavy atom. The van der Waals surface area contributed by atoms with Crippen LogP contribution in [0.3, 0.4) is 0 Å². The summed E-state index contributed by atoms with van der Waals surface area (Å²) in [5.41, 5.74) is 3.31. The van der Waals surface area contributed by atoms with Gasteiger partial charge in [0.2, 0.25) is 5.78 Å². The number of urea groups is 1. The highest BCUT2D eigenvalue weighted by atomic mass is 16.6. The Kier molecular flexibility index (Phi) is 12.3. The van der Waals surface area contributed by atoms with E-state index >= 15 is 0 Å². The van der Waals surface area contributed by atoms with Crippen LogP contribution in [0.1, 0.15) is 93.1 Å². The summed E-state index contributed by atoms with van der Waals surface area (Å²) in [6.07, 6.45) is 7.28. The summed E-state index contributed by atoms with van der Waals surface area (Å²) >= 11 is 0. The highest BCUT2D eigenvalue weighted by Gasteiger charge is 2.34.